The van der Waals surface area contributed by atoms with Crippen molar-refractivity contribution in [2.75, 3.05) is 6.61 Å². The molecule has 2 nitrogen and oxygen atoms in total. The zero-order valence-corrected chi connectivity index (χ0v) is 8.45. The van der Waals surface area contributed by atoms with E-state index < -0.39 is 0 Å². The van der Waals surface area contributed by atoms with Crippen LogP contribution in [-0.2, 0) is 9.47 Å². The van der Waals surface area contributed by atoms with Crippen LogP contribution in [-0.4, -0.2) is 12.7 Å². The van der Waals surface area contributed by atoms with Crippen LogP contribution in [0.1, 0.15) is 33.1 Å². The molecule has 1 atom stereocenters. The van der Waals surface area contributed by atoms with Crippen LogP contribution in [0.5, 0.6) is 0 Å². The molecule has 1 saturated heterocycles. The second-order valence-corrected chi connectivity index (χ2v) is 3.12. The smallest absolute Gasteiger partial charge is 0.138 e. The van der Waals surface area contributed by atoms with E-state index in [0.717, 1.165) is 31.6 Å². The maximum absolute atomic E-state index is 5.46. The van der Waals surface area contributed by atoms with Crippen LogP contribution in [0.15, 0.2) is 24.2 Å². The van der Waals surface area contributed by atoms with Crippen molar-refractivity contribution in [1.29, 1.82) is 0 Å². The minimum absolute atomic E-state index is 0.228. The van der Waals surface area contributed by atoms with Crippen LogP contribution >= 0.6 is 0 Å². The number of epoxide rings is 1. The lowest BCUT2D eigenvalue weighted by molar-refractivity contribution is 0.290. The molecular weight excluding hydrogens is 164 g/mol. The monoisotopic (exact) mass is 182 g/mol. The molecule has 1 fully saturated rings. The van der Waals surface area contributed by atoms with Crippen LogP contribution in [0.2, 0.25) is 0 Å². The Balaban J connectivity index is 2.26. The highest BCUT2D eigenvalue weighted by Crippen LogP contribution is 2.21. The van der Waals surface area contributed by atoms with Gasteiger partial charge in [-0.05, 0) is 25.0 Å². The predicted molar refractivity (Wildman–Crippen MR) is 53.2 cm³/mol. The maximum Gasteiger partial charge on any atom is 0.138 e. The quantitative estimate of drug-likeness (QED) is 0.465. The summed E-state index contributed by atoms with van der Waals surface area (Å²) in [5.41, 5.74) is 0. The summed E-state index contributed by atoms with van der Waals surface area (Å²) in [7, 11) is 0. The van der Waals surface area contributed by atoms with Gasteiger partial charge in [-0.3, -0.25) is 0 Å². The number of allylic oxidation sites excluding steroid dienone is 2. The van der Waals surface area contributed by atoms with Crippen molar-refractivity contribution in [3.05, 3.63) is 24.2 Å². The normalized spacial score (nSPS) is 22.3. The second kappa shape index (κ2) is 5.81. The maximum atomic E-state index is 5.46. The number of hydrogen-bond acceptors (Lipinski definition) is 2. The Morgan fingerprint density at radius 2 is 2.31 bits per heavy atom. The summed E-state index contributed by atoms with van der Waals surface area (Å²) < 4.78 is 10.6. The zero-order valence-electron chi connectivity index (χ0n) is 8.45. The Kier molecular flexibility index (Phi) is 4.61. The first-order valence-electron chi connectivity index (χ1n) is 5.01. The summed E-state index contributed by atoms with van der Waals surface area (Å²) in [6.45, 7) is 5.06. The third-order valence-electron chi connectivity index (χ3n) is 1.81. The molecule has 0 aromatic rings. The molecule has 0 aliphatic carbocycles. The number of unbranched alkanes of at least 4 members (excludes halogenated alkanes) is 1. The topological polar surface area (TPSA) is 21.8 Å². The molecule has 0 saturated carbocycles. The molecule has 0 aromatic heterocycles. The molecule has 0 amide bonds. The van der Waals surface area contributed by atoms with Gasteiger partial charge in [0, 0.05) is 0 Å². The largest absolute Gasteiger partial charge is 0.467 e. The molecule has 1 heterocycles. The summed E-state index contributed by atoms with van der Waals surface area (Å²) in [5.74, 6) is 0.967. The van der Waals surface area contributed by atoms with Crippen LogP contribution in [0.4, 0.5) is 0 Å². The molecule has 1 aliphatic heterocycles. The van der Waals surface area contributed by atoms with Crippen LogP contribution in [0.3, 0.4) is 0 Å². The van der Waals surface area contributed by atoms with E-state index in [2.05, 4.69) is 19.9 Å². The van der Waals surface area contributed by atoms with Crippen molar-refractivity contribution in [3.8, 4) is 0 Å². The lowest BCUT2D eigenvalue weighted by Crippen LogP contribution is -1.94. The highest BCUT2D eigenvalue weighted by molar-refractivity contribution is 5.07. The van der Waals surface area contributed by atoms with Crippen LogP contribution in [0, 0.1) is 0 Å². The van der Waals surface area contributed by atoms with Gasteiger partial charge in [-0.2, -0.15) is 0 Å². The fourth-order valence-corrected chi connectivity index (χ4v) is 1.03. The molecule has 1 aliphatic rings. The molecule has 0 radical (unpaired) electrons. The predicted octanol–water partition coefficient (Wildman–Crippen LogP) is 3.01. The average molecular weight is 182 g/mol. The Morgan fingerprint density at radius 3 is 2.85 bits per heavy atom. The zero-order chi connectivity index (χ0) is 9.52. The summed E-state index contributed by atoms with van der Waals surface area (Å²) in [4.78, 5) is 0. The fraction of sp³-hybridized carbons (Fsp3) is 0.636. The van der Waals surface area contributed by atoms with E-state index in [0.29, 0.717) is 0 Å². The van der Waals surface area contributed by atoms with E-state index in [1.807, 2.05) is 6.08 Å². The van der Waals surface area contributed by atoms with E-state index >= 15 is 0 Å². The minimum atomic E-state index is 0.228. The molecule has 1 rings (SSSR count). The molecule has 0 bridgehead atoms. The summed E-state index contributed by atoms with van der Waals surface area (Å²) in [6, 6.07) is 0. The Hall–Kier alpha value is -0.760. The Morgan fingerprint density at radius 1 is 1.54 bits per heavy atom. The van der Waals surface area contributed by atoms with E-state index in [1.165, 1.54) is 0 Å². The van der Waals surface area contributed by atoms with Crippen molar-refractivity contribution >= 4 is 0 Å². The van der Waals surface area contributed by atoms with Crippen LogP contribution in [0.25, 0.3) is 0 Å². The van der Waals surface area contributed by atoms with Gasteiger partial charge in [0.25, 0.3) is 0 Å². The van der Waals surface area contributed by atoms with Gasteiger partial charge in [0.05, 0.1) is 12.9 Å². The third-order valence-corrected chi connectivity index (χ3v) is 1.81. The minimum Gasteiger partial charge on any atom is -0.467 e. The number of rotatable bonds is 6. The molecule has 0 spiro atoms. The van der Waals surface area contributed by atoms with Gasteiger partial charge < -0.3 is 9.47 Å². The van der Waals surface area contributed by atoms with Gasteiger partial charge in [-0.15, -0.1) is 0 Å². The fourth-order valence-electron chi connectivity index (χ4n) is 1.03. The molecule has 13 heavy (non-hydrogen) atoms. The first kappa shape index (κ1) is 10.3. The van der Waals surface area contributed by atoms with Crippen molar-refractivity contribution in [2.24, 2.45) is 0 Å². The lowest BCUT2D eigenvalue weighted by atomic mass is 10.3. The SMILES string of the molecule is CC/C=C(\O/C=C/CCC)C1CO1. The number of hydrogen-bond donors (Lipinski definition) is 0. The lowest BCUT2D eigenvalue weighted by Gasteiger charge is -2.01. The molecular formula is C11H18O2. The van der Waals surface area contributed by atoms with Gasteiger partial charge in [-0.1, -0.05) is 20.3 Å². The molecule has 74 valence electrons. The average Bonchev–Trinajstić information content (AvgIpc) is 2.93. The van der Waals surface area contributed by atoms with Crippen molar-refractivity contribution in [3.63, 3.8) is 0 Å². The highest BCUT2D eigenvalue weighted by Gasteiger charge is 2.28. The first-order valence-corrected chi connectivity index (χ1v) is 5.01. The van der Waals surface area contributed by atoms with E-state index in [9.17, 15) is 0 Å². The molecule has 0 N–H and O–H groups in total. The molecule has 1 unspecified atom stereocenters. The van der Waals surface area contributed by atoms with E-state index in [1.54, 1.807) is 6.26 Å². The number of ether oxygens (including phenoxy) is 2. The van der Waals surface area contributed by atoms with Gasteiger partial charge in [0.1, 0.15) is 11.9 Å². The van der Waals surface area contributed by atoms with Crippen molar-refractivity contribution in [2.45, 2.75) is 39.2 Å². The standard InChI is InChI=1S/C11H18O2/c1-3-5-6-8-12-10(7-4-2)11-9-13-11/h6-8,11H,3-5,9H2,1-2H3/b8-6+,10-7-. The molecule has 0 aromatic carbocycles. The van der Waals surface area contributed by atoms with Gasteiger partial charge in [-0.25, -0.2) is 0 Å². The van der Waals surface area contributed by atoms with Crippen LogP contribution < -0.4 is 0 Å². The van der Waals surface area contributed by atoms with Gasteiger partial charge in [0.2, 0.25) is 0 Å². The van der Waals surface area contributed by atoms with Gasteiger partial charge >= 0.3 is 0 Å². The first-order chi connectivity index (χ1) is 6.38. The van der Waals surface area contributed by atoms with Crippen molar-refractivity contribution < 1.29 is 9.47 Å². The molecule has 2 heteroatoms. The Bertz CT molecular complexity index is 190. The van der Waals surface area contributed by atoms with Gasteiger partial charge in [0.15, 0.2) is 0 Å². The highest BCUT2D eigenvalue weighted by atomic mass is 16.6. The van der Waals surface area contributed by atoms with E-state index in [-0.39, 0.29) is 6.10 Å². The Labute approximate surface area is 80.2 Å². The van der Waals surface area contributed by atoms with E-state index in [4.69, 9.17) is 9.47 Å². The third kappa shape index (κ3) is 4.13. The second-order valence-electron chi connectivity index (χ2n) is 3.12. The summed E-state index contributed by atoms with van der Waals surface area (Å²) in [5, 5.41) is 0. The summed E-state index contributed by atoms with van der Waals surface area (Å²) >= 11 is 0. The van der Waals surface area contributed by atoms with Crippen molar-refractivity contribution in [1.82, 2.24) is 0 Å². The summed E-state index contributed by atoms with van der Waals surface area (Å²) in [6.07, 6.45) is 9.35.